The van der Waals surface area contributed by atoms with Crippen LogP contribution in [0.3, 0.4) is 0 Å². The molecule has 2 heterocycles. The molecule has 0 unspecified atom stereocenters. The van der Waals surface area contributed by atoms with Gasteiger partial charge in [0.15, 0.2) is 18.1 Å². The van der Waals surface area contributed by atoms with Gasteiger partial charge in [-0.2, -0.15) is 31.4 Å². The third-order valence-corrected chi connectivity index (χ3v) is 4.81. The fourth-order valence-corrected chi connectivity index (χ4v) is 3.11. The molecule has 15 heteroatoms. The van der Waals surface area contributed by atoms with Crippen LogP contribution in [0.4, 0.5) is 26.3 Å². The summed E-state index contributed by atoms with van der Waals surface area (Å²) in [6.45, 7) is -1.16. The number of nitrogens with zero attached hydrogens (tertiary/aromatic N) is 3. The number of aromatic nitrogens is 3. The molecule has 0 aliphatic rings. The largest absolute Gasteiger partial charge is 0.467 e. The molecule has 9 nitrogen and oxygen atoms in total. The van der Waals surface area contributed by atoms with E-state index in [-0.39, 0.29) is 24.2 Å². The normalized spacial score (nSPS) is 11.7. The molecule has 0 aliphatic heterocycles. The van der Waals surface area contributed by atoms with E-state index < -0.39 is 53.7 Å². The average Bonchev–Trinajstić information content (AvgIpc) is 3.31. The number of rotatable bonds is 9. The van der Waals surface area contributed by atoms with Crippen molar-refractivity contribution in [3.05, 3.63) is 71.2 Å². The van der Waals surface area contributed by atoms with Crippen molar-refractivity contribution in [3.8, 4) is 11.6 Å². The number of Topliss-reactive ketones (excluding diaryl/α,β-unsaturated/α-hetero) is 1. The van der Waals surface area contributed by atoms with Gasteiger partial charge < -0.3 is 15.4 Å². The molecule has 1 aromatic carbocycles. The first kappa shape index (κ1) is 28.1. The van der Waals surface area contributed by atoms with Crippen LogP contribution in [0.2, 0.25) is 0 Å². The van der Waals surface area contributed by atoms with E-state index in [0.29, 0.717) is 5.69 Å². The monoisotopic (exact) mass is 543 g/mol. The van der Waals surface area contributed by atoms with Crippen LogP contribution in [0, 0.1) is 0 Å². The number of halogens is 6. The first-order valence-electron chi connectivity index (χ1n) is 10.8. The van der Waals surface area contributed by atoms with Crippen LogP contribution in [-0.4, -0.2) is 58.2 Å². The van der Waals surface area contributed by atoms with Crippen LogP contribution < -0.4 is 15.4 Å². The second-order valence-corrected chi connectivity index (χ2v) is 7.72. The van der Waals surface area contributed by atoms with E-state index in [1.54, 1.807) is 18.2 Å². The number of hydrogen-bond acceptors (Lipinski definition) is 6. The van der Waals surface area contributed by atoms with Crippen molar-refractivity contribution in [1.82, 2.24) is 25.4 Å². The first-order valence-corrected chi connectivity index (χ1v) is 10.8. The lowest BCUT2D eigenvalue weighted by Gasteiger charge is -2.12. The summed E-state index contributed by atoms with van der Waals surface area (Å²) >= 11 is 0. The molecule has 0 radical (unpaired) electrons. The van der Waals surface area contributed by atoms with Gasteiger partial charge in [-0.3, -0.25) is 14.4 Å². The van der Waals surface area contributed by atoms with Crippen LogP contribution in [0.1, 0.15) is 43.7 Å². The molecule has 0 atom stereocenters. The van der Waals surface area contributed by atoms with Crippen molar-refractivity contribution in [3.63, 3.8) is 0 Å². The van der Waals surface area contributed by atoms with Gasteiger partial charge in [-0.15, -0.1) is 0 Å². The molecule has 202 valence electrons. The summed E-state index contributed by atoms with van der Waals surface area (Å²) in [4.78, 5) is 40.1. The molecule has 2 N–H and O–H groups in total. The van der Waals surface area contributed by atoms with Gasteiger partial charge in [-0.1, -0.05) is 18.2 Å². The van der Waals surface area contributed by atoms with Crippen molar-refractivity contribution in [2.45, 2.75) is 19.3 Å². The van der Waals surface area contributed by atoms with Crippen molar-refractivity contribution in [2.24, 2.45) is 0 Å². The van der Waals surface area contributed by atoms with Crippen LogP contribution in [0.25, 0.3) is 5.69 Å². The maximum Gasteiger partial charge on any atom is 0.435 e. The fraction of sp³-hybridized carbons (Fsp3) is 0.261. The third-order valence-electron chi connectivity index (χ3n) is 4.81. The zero-order valence-electron chi connectivity index (χ0n) is 19.5. The lowest BCUT2D eigenvalue weighted by Crippen LogP contribution is -2.35. The molecule has 0 bridgehead atoms. The summed E-state index contributed by atoms with van der Waals surface area (Å²) in [5.74, 6) is -3.19. The Morgan fingerprint density at radius 2 is 1.58 bits per heavy atom. The minimum absolute atomic E-state index is 0.190. The molecule has 0 fully saturated rings. The molecule has 0 saturated heterocycles. The number of ketones is 1. The predicted molar refractivity (Wildman–Crippen MR) is 119 cm³/mol. The Bertz CT molecular complexity index is 1320. The second-order valence-electron chi connectivity index (χ2n) is 7.72. The molecule has 0 spiro atoms. The molecular weight excluding hydrogens is 524 g/mol. The number of ether oxygens (including phenoxy) is 1. The number of hydrogen-bond donors (Lipinski definition) is 2. The van der Waals surface area contributed by atoms with E-state index in [0.717, 1.165) is 30.1 Å². The highest BCUT2D eigenvalue weighted by Crippen LogP contribution is 2.31. The molecule has 3 rings (SSSR count). The van der Waals surface area contributed by atoms with Crippen molar-refractivity contribution < 1.29 is 45.5 Å². The molecule has 38 heavy (non-hydrogen) atoms. The highest BCUT2D eigenvalue weighted by molar-refractivity contribution is 6.00. The molecule has 2 amide bonds. The Labute approximate surface area is 210 Å². The summed E-state index contributed by atoms with van der Waals surface area (Å²) in [6, 6.07) is 8.84. The third kappa shape index (κ3) is 7.30. The Kier molecular flexibility index (Phi) is 8.38. The number of pyridine rings is 1. The van der Waals surface area contributed by atoms with Gasteiger partial charge in [-0.25, -0.2) is 9.67 Å². The first-order chi connectivity index (χ1) is 17.8. The number of amides is 2. The van der Waals surface area contributed by atoms with E-state index in [1.807, 2.05) is 0 Å². The minimum atomic E-state index is -4.90. The lowest BCUT2D eigenvalue weighted by atomic mass is 10.1. The van der Waals surface area contributed by atoms with Crippen LogP contribution in [-0.2, 0) is 6.18 Å². The molecule has 0 saturated carbocycles. The van der Waals surface area contributed by atoms with E-state index in [2.05, 4.69) is 25.5 Å². The Morgan fingerprint density at radius 1 is 0.947 bits per heavy atom. The average molecular weight is 543 g/mol. The van der Waals surface area contributed by atoms with Crippen molar-refractivity contribution in [1.29, 1.82) is 0 Å². The van der Waals surface area contributed by atoms with Gasteiger partial charge >= 0.3 is 12.4 Å². The van der Waals surface area contributed by atoms with Crippen LogP contribution in [0.5, 0.6) is 5.88 Å². The maximum absolute atomic E-state index is 13.4. The summed E-state index contributed by atoms with van der Waals surface area (Å²) in [6.07, 6.45) is -7.75. The van der Waals surface area contributed by atoms with E-state index in [4.69, 9.17) is 0 Å². The Balaban J connectivity index is 1.62. The molecule has 2 aromatic heterocycles. The van der Waals surface area contributed by atoms with E-state index in [9.17, 15) is 40.7 Å². The number of carbonyl (C=O) groups is 3. The maximum atomic E-state index is 13.4. The van der Waals surface area contributed by atoms with Gasteiger partial charge in [0, 0.05) is 25.5 Å². The van der Waals surface area contributed by atoms with E-state index >= 15 is 0 Å². The molecule has 3 aromatic rings. The zero-order chi connectivity index (χ0) is 28.1. The molecule has 0 aliphatic carbocycles. The Hall–Kier alpha value is -4.43. The lowest BCUT2D eigenvalue weighted by molar-refractivity contribution is -0.154. The summed E-state index contributed by atoms with van der Waals surface area (Å²) in [5.41, 5.74) is -2.36. The highest BCUT2D eigenvalue weighted by atomic mass is 19.4. The number of alkyl halides is 6. The second kappa shape index (κ2) is 11.3. The van der Waals surface area contributed by atoms with E-state index in [1.165, 1.54) is 12.1 Å². The zero-order valence-corrected chi connectivity index (χ0v) is 19.5. The smallest absolute Gasteiger partial charge is 0.435 e. The standard InChI is InChI=1S/C23H19F6N5O4/c1-13(35)16-9-14(10-32-21(16)38-12-22(24,25)26)19(36)30-7-8-31-20(37)17-11-34(15-5-3-2-4-6-15)33-18(17)23(27,28)29/h2-6,9-11H,7-8,12H2,1H3,(H,30,36)(H,31,37). The summed E-state index contributed by atoms with van der Waals surface area (Å²) in [7, 11) is 0. The number of para-hydroxylation sites is 1. The quantitative estimate of drug-likeness (QED) is 0.242. The van der Waals surface area contributed by atoms with Crippen LogP contribution in [0.15, 0.2) is 48.8 Å². The number of nitrogens with one attached hydrogen (secondary N) is 2. The number of carbonyl (C=O) groups excluding carboxylic acids is 3. The fourth-order valence-electron chi connectivity index (χ4n) is 3.11. The van der Waals surface area contributed by atoms with Gasteiger partial charge in [0.1, 0.15) is 0 Å². The topological polar surface area (TPSA) is 115 Å². The summed E-state index contributed by atoms with van der Waals surface area (Å²) < 4.78 is 82.9. The van der Waals surface area contributed by atoms with Gasteiger partial charge in [0.2, 0.25) is 5.88 Å². The van der Waals surface area contributed by atoms with Gasteiger partial charge in [-0.05, 0) is 25.1 Å². The highest BCUT2D eigenvalue weighted by Gasteiger charge is 2.39. The van der Waals surface area contributed by atoms with Gasteiger partial charge in [0.05, 0.1) is 22.4 Å². The molecular formula is C23H19F6N5O4. The Morgan fingerprint density at radius 3 is 2.16 bits per heavy atom. The summed E-state index contributed by atoms with van der Waals surface area (Å²) in [5, 5.41) is 8.08. The van der Waals surface area contributed by atoms with Crippen LogP contribution >= 0.6 is 0 Å². The van der Waals surface area contributed by atoms with Crippen molar-refractivity contribution in [2.75, 3.05) is 19.7 Å². The SMILES string of the molecule is CC(=O)c1cc(C(=O)NCCNC(=O)c2cn(-c3ccccc3)nc2C(F)(F)F)cnc1OCC(F)(F)F. The predicted octanol–water partition coefficient (Wildman–Crippen LogP) is 3.59. The van der Waals surface area contributed by atoms with Crippen molar-refractivity contribution >= 4 is 17.6 Å². The van der Waals surface area contributed by atoms with Gasteiger partial charge in [0.25, 0.3) is 11.8 Å². The minimum Gasteiger partial charge on any atom is -0.467 e. The number of benzene rings is 1.